The number of fused-ring (bicyclic) bond motifs is 1. The Morgan fingerprint density at radius 1 is 1.32 bits per heavy atom. The highest BCUT2D eigenvalue weighted by atomic mass is 32.2. The first kappa shape index (κ1) is 12.5. The van der Waals surface area contributed by atoms with Crippen LogP contribution in [0.25, 0.3) is 0 Å². The number of thioether (sulfide) groups is 1. The van der Waals surface area contributed by atoms with Gasteiger partial charge in [-0.2, -0.15) is 11.8 Å². The van der Waals surface area contributed by atoms with Gasteiger partial charge in [0.05, 0.1) is 11.7 Å². The van der Waals surface area contributed by atoms with Gasteiger partial charge in [-0.25, -0.2) is 9.69 Å². The fraction of sp³-hybridized carbons (Fsp3) is 0.429. The van der Waals surface area contributed by atoms with Crippen molar-refractivity contribution in [2.24, 2.45) is 0 Å². The van der Waals surface area contributed by atoms with Gasteiger partial charge in [0.2, 0.25) is 5.91 Å². The lowest BCUT2D eigenvalue weighted by atomic mass is 10.1. The third-order valence-corrected chi connectivity index (χ3v) is 4.68. The van der Waals surface area contributed by atoms with Gasteiger partial charge in [-0.05, 0) is 24.6 Å². The van der Waals surface area contributed by atoms with Crippen LogP contribution in [-0.4, -0.2) is 40.9 Å². The molecule has 0 aromatic heterocycles. The number of urea groups is 1. The molecule has 2 fully saturated rings. The fourth-order valence-electron chi connectivity index (χ4n) is 2.63. The SMILES string of the molecule is Cc1cccc(N2C(=O)CC3CSCCN3C2=O)c1. The smallest absolute Gasteiger partial charge is 0.319 e. The molecule has 2 heterocycles. The van der Waals surface area contributed by atoms with E-state index >= 15 is 0 Å². The van der Waals surface area contributed by atoms with Gasteiger partial charge in [0.1, 0.15) is 0 Å². The lowest BCUT2D eigenvalue weighted by Gasteiger charge is -2.42. The predicted octanol–water partition coefficient (Wildman–Crippen LogP) is 2.27. The van der Waals surface area contributed by atoms with Crippen molar-refractivity contribution >= 4 is 29.4 Å². The summed E-state index contributed by atoms with van der Waals surface area (Å²) in [5.41, 5.74) is 1.74. The Kier molecular flexibility index (Phi) is 3.22. The largest absolute Gasteiger partial charge is 0.331 e. The predicted molar refractivity (Wildman–Crippen MR) is 76.5 cm³/mol. The molecule has 1 unspecified atom stereocenters. The highest BCUT2D eigenvalue weighted by Crippen LogP contribution is 2.29. The Morgan fingerprint density at radius 3 is 2.95 bits per heavy atom. The number of imide groups is 1. The second kappa shape index (κ2) is 4.89. The van der Waals surface area contributed by atoms with Crippen LogP contribution in [0.4, 0.5) is 10.5 Å². The third-order valence-electron chi connectivity index (χ3n) is 3.58. The van der Waals surface area contributed by atoms with Gasteiger partial charge in [0.25, 0.3) is 0 Å². The molecular formula is C14H16N2O2S. The molecule has 0 N–H and O–H groups in total. The summed E-state index contributed by atoms with van der Waals surface area (Å²) in [6.07, 6.45) is 0.437. The number of rotatable bonds is 1. The molecule has 2 saturated heterocycles. The molecule has 3 rings (SSSR count). The molecule has 19 heavy (non-hydrogen) atoms. The number of hydrogen-bond acceptors (Lipinski definition) is 3. The van der Waals surface area contributed by atoms with Crippen molar-refractivity contribution in [2.45, 2.75) is 19.4 Å². The number of amides is 3. The molecule has 0 spiro atoms. The van der Waals surface area contributed by atoms with Crippen molar-refractivity contribution in [2.75, 3.05) is 23.0 Å². The van der Waals surface area contributed by atoms with Crippen LogP contribution in [0.1, 0.15) is 12.0 Å². The molecule has 5 heteroatoms. The molecule has 1 aromatic rings. The zero-order valence-corrected chi connectivity index (χ0v) is 11.7. The summed E-state index contributed by atoms with van der Waals surface area (Å²) in [5.74, 6) is 1.75. The van der Waals surface area contributed by atoms with Crippen LogP contribution < -0.4 is 4.90 Å². The number of benzene rings is 1. The highest BCUT2D eigenvalue weighted by Gasteiger charge is 2.40. The molecule has 4 nitrogen and oxygen atoms in total. The van der Waals surface area contributed by atoms with E-state index in [-0.39, 0.29) is 18.0 Å². The Labute approximate surface area is 116 Å². The molecule has 1 atom stereocenters. The Balaban J connectivity index is 1.93. The Hall–Kier alpha value is -1.49. The van der Waals surface area contributed by atoms with Gasteiger partial charge >= 0.3 is 6.03 Å². The summed E-state index contributed by atoms with van der Waals surface area (Å²) in [6, 6.07) is 7.47. The standard InChI is InChI=1S/C14H16N2O2S/c1-10-3-2-4-11(7-10)16-13(17)8-12-9-19-6-5-15(12)14(16)18/h2-4,7,12H,5-6,8-9H2,1H3. The topological polar surface area (TPSA) is 40.6 Å². The van der Waals surface area contributed by atoms with E-state index < -0.39 is 0 Å². The zero-order valence-electron chi connectivity index (χ0n) is 10.8. The van der Waals surface area contributed by atoms with Crippen LogP contribution in [0.3, 0.4) is 0 Å². The van der Waals surface area contributed by atoms with Crippen LogP contribution in [-0.2, 0) is 4.79 Å². The maximum absolute atomic E-state index is 12.5. The summed E-state index contributed by atoms with van der Waals surface area (Å²) < 4.78 is 0. The molecule has 2 aliphatic rings. The number of anilines is 1. The minimum atomic E-state index is -0.160. The monoisotopic (exact) mass is 276 g/mol. The molecule has 3 amide bonds. The van der Waals surface area contributed by atoms with E-state index in [9.17, 15) is 9.59 Å². The van der Waals surface area contributed by atoms with Crippen molar-refractivity contribution < 1.29 is 9.59 Å². The van der Waals surface area contributed by atoms with Crippen LogP contribution in [0.2, 0.25) is 0 Å². The van der Waals surface area contributed by atoms with Crippen molar-refractivity contribution in [3.8, 4) is 0 Å². The second-order valence-corrected chi connectivity index (χ2v) is 6.13. The number of carbonyl (C=O) groups is 2. The van der Waals surface area contributed by atoms with E-state index in [2.05, 4.69) is 0 Å². The van der Waals surface area contributed by atoms with Gasteiger partial charge in [0.15, 0.2) is 0 Å². The number of aryl methyl sites for hydroxylation is 1. The lowest BCUT2D eigenvalue weighted by Crippen LogP contribution is -2.59. The average Bonchev–Trinajstić information content (AvgIpc) is 2.39. The molecule has 0 radical (unpaired) electrons. The van der Waals surface area contributed by atoms with Crippen molar-refractivity contribution in [3.05, 3.63) is 29.8 Å². The van der Waals surface area contributed by atoms with Gasteiger partial charge < -0.3 is 4.90 Å². The van der Waals surface area contributed by atoms with Crippen LogP contribution >= 0.6 is 11.8 Å². The number of carbonyl (C=O) groups excluding carboxylic acids is 2. The maximum atomic E-state index is 12.5. The minimum absolute atomic E-state index is 0.0832. The summed E-state index contributed by atoms with van der Waals surface area (Å²) >= 11 is 1.82. The molecule has 0 aliphatic carbocycles. The molecule has 100 valence electrons. The van der Waals surface area contributed by atoms with Crippen LogP contribution in [0.5, 0.6) is 0 Å². The second-order valence-electron chi connectivity index (χ2n) is 4.98. The normalized spacial score (nSPS) is 23.5. The van der Waals surface area contributed by atoms with Crippen LogP contribution in [0.15, 0.2) is 24.3 Å². The summed E-state index contributed by atoms with van der Waals surface area (Å²) in [5, 5.41) is 0. The molecule has 0 bridgehead atoms. The highest BCUT2D eigenvalue weighted by molar-refractivity contribution is 7.99. The van der Waals surface area contributed by atoms with E-state index in [4.69, 9.17) is 0 Å². The van der Waals surface area contributed by atoms with Crippen molar-refractivity contribution in [3.63, 3.8) is 0 Å². The average molecular weight is 276 g/mol. The van der Waals surface area contributed by atoms with Gasteiger partial charge in [-0.1, -0.05) is 12.1 Å². The third kappa shape index (κ3) is 2.23. The van der Waals surface area contributed by atoms with Crippen LogP contribution in [0, 0.1) is 6.92 Å². The molecule has 1 aromatic carbocycles. The van der Waals surface area contributed by atoms with Gasteiger partial charge in [-0.15, -0.1) is 0 Å². The number of hydrogen-bond donors (Lipinski definition) is 0. The minimum Gasteiger partial charge on any atom is -0.319 e. The first-order valence-electron chi connectivity index (χ1n) is 6.45. The summed E-state index contributed by atoms with van der Waals surface area (Å²) in [6.45, 7) is 2.70. The summed E-state index contributed by atoms with van der Waals surface area (Å²) in [4.78, 5) is 27.9. The maximum Gasteiger partial charge on any atom is 0.331 e. The first-order valence-corrected chi connectivity index (χ1v) is 7.60. The lowest BCUT2D eigenvalue weighted by molar-refractivity contribution is -0.120. The first-order chi connectivity index (χ1) is 9.16. The zero-order chi connectivity index (χ0) is 13.4. The molecule has 0 saturated carbocycles. The summed E-state index contributed by atoms with van der Waals surface area (Å²) in [7, 11) is 0. The van der Waals surface area contributed by atoms with Gasteiger partial charge in [0, 0.05) is 24.5 Å². The Bertz CT molecular complexity index is 532. The van der Waals surface area contributed by atoms with E-state index in [1.165, 1.54) is 4.90 Å². The Morgan fingerprint density at radius 2 is 2.16 bits per heavy atom. The van der Waals surface area contributed by atoms with E-state index in [1.807, 2.05) is 47.9 Å². The van der Waals surface area contributed by atoms with E-state index in [1.54, 1.807) is 0 Å². The molecule has 2 aliphatic heterocycles. The fourth-order valence-corrected chi connectivity index (χ4v) is 3.69. The van der Waals surface area contributed by atoms with Crippen molar-refractivity contribution in [1.29, 1.82) is 0 Å². The number of nitrogens with zero attached hydrogens (tertiary/aromatic N) is 2. The van der Waals surface area contributed by atoms with E-state index in [0.717, 1.165) is 23.6 Å². The molecular weight excluding hydrogens is 260 g/mol. The van der Waals surface area contributed by atoms with Gasteiger partial charge in [-0.3, -0.25) is 4.79 Å². The van der Waals surface area contributed by atoms with E-state index in [0.29, 0.717) is 12.1 Å². The van der Waals surface area contributed by atoms with Crippen molar-refractivity contribution in [1.82, 2.24) is 4.90 Å². The quantitative estimate of drug-likeness (QED) is 0.790.